The first-order valence-electron chi connectivity index (χ1n) is 15.6. The van der Waals surface area contributed by atoms with Crippen molar-refractivity contribution in [3.05, 3.63) is 123 Å². The average molecular weight is 704 g/mol. The van der Waals surface area contributed by atoms with Gasteiger partial charge in [0.1, 0.15) is 11.7 Å². The maximum atomic E-state index is 14.5. The van der Waals surface area contributed by atoms with Crippen molar-refractivity contribution in [3.63, 3.8) is 0 Å². The number of rotatable bonds is 7. The maximum Gasteiger partial charge on any atom is 0.262 e. The Morgan fingerprint density at radius 2 is 1.56 bits per heavy atom. The van der Waals surface area contributed by atoms with Crippen LogP contribution in [0.25, 0.3) is 0 Å². The number of carbonyl (C=O) groups is 2. The number of hydrogen-bond acceptors (Lipinski definition) is 6. The molecule has 246 valence electrons. The van der Waals surface area contributed by atoms with Crippen LogP contribution in [0.4, 0.5) is 17.1 Å². The van der Waals surface area contributed by atoms with E-state index in [1.807, 2.05) is 42.3 Å². The Morgan fingerprint density at radius 3 is 2.27 bits per heavy atom. The van der Waals surface area contributed by atoms with Crippen LogP contribution in [0.5, 0.6) is 5.75 Å². The number of ether oxygens (including phenoxy) is 1. The lowest BCUT2D eigenvalue weighted by Gasteiger charge is -2.40. The fourth-order valence-electron chi connectivity index (χ4n) is 6.58. The predicted octanol–water partition coefficient (Wildman–Crippen LogP) is 7.97. The summed E-state index contributed by atoms with van der Waals surface area (Å²) in [7, 11) is 1.46. The van der Waals surface area contributed by atoms with Gasteiger partial charge in [0.05, 0.1) is 40.0 Å². The maximum absolute atomic E-state index is 14.5. The minimum Gasteiger partial charge on any atom is -0.496 e. The molecule has 4 aromatic rings. The number of anilines is 3. The molecule has 2 unspecified atom stereocenters. The van der Waals surface area contributed by atoms with E-state index in [1.165, 1.54) is 13.2 Å². The number of carbonyl (C=O) groups excluding carboxylic acids is 3. The molecule has 0 radical (unpaired) electrons. The molecule has 0 saturated carbocycles. The third kappa shape index (κ3) is 6.95. The van der Waals surface area contributed by atoms with Gasteiger partial charge in [-0.2, -0.15) is 0 Å². The van der Waals surface area contributed by atoms with Crippen LogP contribution in [-0.4, -0.2) is 62.0 Å². The molecule has 4 aromatic carbocycles. The van der Waals surface area contributed by atoms with Crippen molar-refractivity contribution in [2.75, 3.05) is 48.4 Å². The highest BCUT2D eigenvalue weighted by molar-refractivity contribution is 6.34. The summed E-state index contributed by atoms with van der Waals surface area (Å²) in [5, 5.41) is 4.43. The van der Waals surface area contributed by atoms with Crippen molar-refractivity contribution >= 4 is 69.6 Å². The number of halogens is 3. The quantitative estimate of drug-likeness (QED) is 0.197. The van der Waals surface area contributed by atoms with E-state index in [4.69, 9.17) is 39.5 Å². The molecule has 8 nitrogen and oxygen atoms in total. The van der Waals surface area contributed by atoms with Gasteiger partial charge in [-0.15, -0.1) is 0 Å². The Kier molecular flexibility index (Phi) is 10.4. The summed E-state index contributed by atoms with van der Waals surface area (Å²) >= 11 is 19.3. The van der Waals surface area contributed by atoms with Gasteiger partial charge in [0.2, 0.25) is 0 Å². The Morgan fingerprint density at radius 1 is 0.833 bits per heavy atom. The number of benzene rings is 4. The zero-order chi connectivity index (χ0) is 33.8. The summed E-state index contributed by atoms with van der Waals surface area (Å²) in [6.45, 7) is 3.12. The SMILES string of the molecule is COc1cc(NC(=O)c2ccccc2Cl)ccc1C(=O)N1c2ccc(Cl)cc2C(N2CCN(c3ccccc3Cl)CC2)CCC1C=C=O. The minimum absolute atomic E-state index is 0.0447. The van der Waals surface area contributed by atoms with E-state index in [1.54, 1.807) is 53.4 Å². The van der Waals surface area contributed by atoms with Gasteiger partial charge in [-0.05, 0) is 73.0 Å². The second-order valence-electron chi connectivity index (χ2n) is 11.6. The molecule has 2 atom stereocenters. The number of nitrogens with zero attached hydrogens (tertiary/aromatic N) is 3. The summed E-state index contributed by atoms with van der Waals surface area (Å²) in [6, 6.07) is 24.3. The van der Waals surface area contributed by atoms with Crippen LogP contribution in [0.3, 0.4) is 0 Å². The Hall–Kier alpha value is -4.30. The van der Waals surface area contributed by atoms with Crippen LogP contribution in [0.15, 0.2) is 91.0 Å². The number of methoxy groups -OCH3 is 1. The molecule has 2 aliphatic heterocycles. The van der Waals surface area contributed by atoms with Gasteiger partial charge >= 0.3 is 0 Å². The fraction of sp³-hybridized carbons (Fsp3) is 0.243. The normalized spacial score (nSPS) is 17.9. The minimum atomic E-state index is -0.561. The van der Waals surface area contributed by atoms with E-state index in [9.17, 15) is 14.4 Å². The number of amides is 2. The molecule has 2 aliphatic rings. The van der Waals surface area contributed by atoms with Gasteiger partial charge < -0.3 is 19.9 Å². The molecule has 0 spiro atoms. The number of hydrogen-bond donors (Lipinski definition) is 1. The van der Waals surface area contributed by atoms with Gasteiger partial charge in [0.15, 0.2) is 0 Å². The van der Waals surface area contributed by atoms with E-state index in [-0.39, 0.29) is 23.3 Å². The number of nitrogens with one attached hydrogen (secondary N) is 1. The topological polar surface area (TPSA) is 82.2 Å². The number of fused-ring (bicyclic) bond motifs is 1. The third-order valence-corrected chi connectivity index (χ3v) is 9.80. The van der Waals surface area contributed by atoms with Gasteiger partial charge in [-0.1, -0.05) is 59.1 Å². The fourth-order valence-corrected chi connectivity index (χ4v) is 7.24. The van der Waals surface area contributed by atoms with Crippen molar-refractivity contribution in [2.45, 2.75) is 24.9 Å². The van der Waals surface area contributed by atoms with Crippen molar-refractivity contribution < 1.29 is 19.1 Å². The Balaban J connectivity index is 1.30. The van der Waals surface area contributed by atoms with E-state index in [2.05, 4.69) is 15.1 Å². The van der Waals surface area contributed by atoms with Crippen LogP contribution in [0.2, 0.25) is 15.1 Å². The molecule has 1 fully saturated rings. The molecule has 2 heterocycles. The summed E-state index contributed by atoms with van der Waals surface area (Å²) < 4.78 is 5.66. The summed E-state index contributed by atoms with van der Waals surface area (Å²) in [4.78, 5) is 45.6. The summed E-state index contributed by atoms with van der Waals surface area (Å²) in [5.41, 5.74) is 3.60. The first-order valence-corrected chi connectivity index (χ1v) is 16.7. The number of piperazine rings is 1. The largest absolute Gasteiger partial charge is 0.496 e. The number of para-hydroxylation sites is 1. The summed E-state index contributed by atoms with van der Waals surface area (Å²) in [5.74, 6) is 1.44. The highest BCUT2D eigenvalue weighted by Crippen LogP contribution is 2.42. The van der Waals surface area contributed by atoms with Crippen LogP contribution in [0.1, 0.15) is 45.2 Å². The van der Waals surface area contributed by atoms with Crippen LogP contribution >= 0.6 is 34.8 Å². The molecule has 6 rings (SSSR count). The van der Waals surface area contributed by atoms with Crippen LogP contribution in [-0.2, 0) is 4.79 Å². The van der Waals surface area contributed by atoms with Crippen molar-refractivity contribution in [1.29, 1.82) is 0 Å². The molecular formula is C37H33Cl3N4O4. The van der Waals surface area contributed by atoms with Crippen molar-refractivity contribution in [2.24, 2.45) is 0 Å². The lowest BCUT2D eigenvalue weighted by Crippen LogP contribution is -2.47. The lowest BCUT2D eigenvalue weighted by molar-refractivity contribution is 0.0976. The Bertz CT molecular complexity index is 1890. The molecule has 11 heteroatoms. The second kappa shape index (κ2) is 14.9. The first kappa shape index (κ1) is 33.6. The average Bonchev–Trinajstić information content (AvgIpc) is 3.25. The molecule has 1 N–H and O–H groups in total. The molecule has 48 heavy (non-hydrogen) atoms. The van der Waals surface area contributed by atoms with Gasteiger partial charge in [-0.3, -0.25) is 14.5 Å². The molecule has 0 bridgehead atoms. The Labute approximate surface area is 294 Å². The standard InChI is InChI=1S/C37H33Cl3N4O4/c1-48-35-23-25(41-36(46)27-6-2-3-7-30(27)39)11-13-28(35)37(47)44-26(16-21-45)12-15-32(29-22-24(38)10-14-33(29)44)42-17-19-43(20-18-42)34-9-5-4-8-31(34)40/h2-11,13-14,16,22-23,26,32H,12,15,17-20H2,1H3,(H,41,46). The van der Waals surface area contributed by atoms with Gasteiger partial charge in [0.25, 0.3) is 11.8 Å². The molecule has 0 aromatic heterocycles. The highest BCUT2D eigenvalue weighted by atomic mass is 35.5. The summed E-state index contributed by atoms with van der Waals surface area (Å²) in [6.07, 6.45) is 2.62. The molecule has 2 amide bonds. The van der Waals surface area contributed by atoms with Gasteiger partial charge in [-0.25, -0.2) is 4.79 Å². The first-order chi connectivity index (χ1) is 23.3. The van der Waals surface area contributed by atoms with E-state index in [0.29, 0.717) is 39.8 Å². The highest BCUT2D eigenvalue weighted by Gasteiger charge is 2.37. The van der Waals surface area contributed by atoms with Crippen LogP contribution in [0, 0.1) is 0 Å². The lowest BCUT2D eigenvalue weighted by atomic mass is 9.98. The second-order valence-corrected chi connectivity index (χ2v) is 12.9. The predicted molar refractivity (Wildman–Crippen MR) is 192 cm³/mol. The zero-order valence-electron chi connectivity index (χ0n) is 26.2. The zero-order valence-corrected chi connectivity index (χ0v) is 28.4. The molecular weight excluding hydrogens is 671 g/mol. The van der Waals surface area contributed by atoms with Crippen molar-refractivity contribution in [1.82, 2.24) is 4.90 Å². The third-order valence-electron chi connectivity index (χ3n) is 8.91. The monoisotopic (exact) mass is 702 g/mol. The van der Waals surface area contributed by atoms with Gasteiger partial charge in [0, 0.05) is 60.8 Å². The van der Waals surface area contributed by atoms with E-state index in [0.717, 1.165) is 42.5 Å². The van der Waals surface area contributed by atoms with Crippen LogP contribution < -0.4 is 19.9 Å². The van der Waals surface area contributed by atoms with Crippen molar-refractivity contribution in [3.8, 4) is 5.75 Å². The van der Waals surface area contributed by atoms with E-state index >= 15 is 0 Å². The van der Waals surface area contributed by atoms with E-state index < -0.39 is 11.9 Å². The molecule has 1 saturated heterocycles. The molecule has 0 aliphatic carbocycles. The smallest absolute Gasteiger partial charge is 0.262 e.